The fourth-order valence-corrected chi connectivity index (χ4v) is 0.0898. The highest BCUT2D eigenvalue weighted by Gasteiger charge is 1.95. The average molecular weight is 96.1 g/mol. The molecule has 0 aliphatic rings. The summed E-state index contributed by atoms with van der Waals surface area (Å²) in [6.07, 6.45) is 4.90. The Labute approximate surface area is 43.2 Å². The molecule has 0 fully saturated rings. The van der Waals surface area contributed by atoms with Crippen LogP contribution in [-0.4, -0.2) is 5.84 Å². The molecule has 0 aliphatic carbocycles. The minimum Gasteiger partial charge on any atom is -0.387 e. The molecule has 0 bridgehead atoms. The van der Waals surface area contributed by atoms with Crippen LogP contribution in [-0.2, 0) is 0 Å². The molecule has 7 heavy (non-hydrogen) atoms. The van der Waals surface area contributed by atoms with Gasteiger partial charge >= 0.3 is 0 Å². The lowest BCUT2D eigenvalue weighted by atomic mass is 10.2. The van der Waals surface area contributed by atoms with Crippen LogP contribution in [0, 0.1) is 23.7 Å². The van der Waals surface area contributed by atoms with Crippen molar-refractivity contribution >= 4 is 5.84 Å². The van der Waals surface area contributed by atoms with Crippen molar-refractivity contribution in [1.29, 1.82) is 5.41 Å². The second-order valence-electron chi connectivity index (χ2n) is 1.34. The summed E-state index contributed by atoms with van der Waals surface area (Å²) in [5, 5.41) is 6.74. The minimum absolute atomic E-state index is 0.0579. The first kappa shape index (κ1) is 6.03. The molecule has 0 saturated carbocycles. The topological polar surface area (TPSA) is 49.9 Å². The Kier molecular flexibility index (Phi) is 1.94. The third-order valence-electron chi connectivity index (χ3n) is 0.717. The molecule has 2 nitrogen and oxygen atoms in total. The van der Waals surface area contributed by atoms with Crippen molar-refractivity contribution in [3.63, 3.8) is 0 Å². The molecule has 0 aromatic carbocycles. The number of nitrogens with two attached hydrogens (primary N) is 1. The third kappa shape index (κ3) is 1.83. The van der Waals surface area contributed by atoms with Gasteiger partial charge in [0.2, 0.25) is 0 Å². The predicted molar refractivity (Wildman–Crippen MR) is 29.9 cm³/mol. The molecular formula is C5H8N2. The molecule has 1 atom stereocenters. The molecule has 0 aromatic rings. The minimum atomic E-state index is -0.208. The van der Waals surface area contributed by atoms with E-state index in [2.05, 4.69) is 5.92 Å². The van der Waals surface area contributed by atoms with Gasteiger partial charge in [-0.2, -0.15) is 0 Å². The fraction of sp³-hybridized carbons (Fsp3) is 0.400. The number of hydrogen-bond acceptors (Lipinski definition) is 1. The SMILES string of the molecule is C#CC(C)C(=N)N. The summed E-state index contributed by atoms with van der Waals surface area (Å²) in [6.45, 7) is 1.71. The van der Waals surface area contributed by atoms with Crippen LogP contribution in [0.3, 0.4) is 0 Å². The Morgan fingerprint density at radius 3 is 2.43 bits per heavy atom. The Morgan fingerprint density at radius 1 is 2.00 bits per heavy atom. The maximum Gasteiger partial charge on any atom is 0.106 e. The van der Waals surface area contributed by atoms with Gasteiger partial charge in [-0.1, -0.05) is 5.92 Å². The summed E-state index contributed by atoms with van der Waals surface area (Å²) in [6, 6.07) is 0. The molecule has 0 aromatic heterocycles. The maximum absolute atomic E-state index is 6.74. The molecule has 3 N–H and O–H groups in total. The van der Waals surface area contributed by atoms with E-state index in [9.17, 15) is 0 Å². The van der Waals surface area contributed by atoms with Gasteiger partial charge in [-0.25, -0.2) is 0 Å². The first-order valence-corrected chi connectivity index (χ1v) is 1.98. The van der Waals surface area contributed by atoms with E-state index < -0.39 is 0 Å². The summed E-state index contributed by atoms with van der Waals surface area (Å²) in [4.78, 5) is 0. The third-order valence-corrected chi connectivity index (χ3v) is 0.717. The van der Waals surface area contributed by atoms with E-state index in [0.717, 1.165) is 0 Å². The van der Waals surface area contributed by atoms with Gasteiger partial charge in [0.15, 0.2) is 0 Å². The summed E-state index contributed by atoms with van der Waals surface area (Å²) < 4.78 is 0. The van der Waals surface area contributed by atoms with Crippen LogP contribution in [0.25, 0.3) is 0 Å². The first-order chi connectivity index (χ1) is 3.18. The van der Waals surface area contributed by atoms with Crippen LogP contribution in [0.2, 0.25) is 0 Å². The normalized spacial score (nSPS) is 12.0. The largest absolute Gasteiger partial charge is 0.387 e. The molecule has 1 unspecified atom stereocenters. The van der Waals surface area contributed by atoms with Crippen LogP contribution >= 0.6 is 0 Å². The van der Waals surface area contributed by atoms with E-state index in [1.54, 1.807) is 6.92 Å². The average Bonchev–Trinajstić information content (AvgIpc) is 1.65. The van der Waals surface area contributed by atoms with Crippen molar-refractivity contribution in [2.24, 2.45) is 11.7 Å². The van der Waals surface area contributed by atoms with Crippen LogP contribution < -0.4 is 5.73 Å². The monoisotopic (exact) mass is 96.1 g/mol. The zero-order chi connectivity index (χ0) is 5.86. The first-order valence-electron chi connectivity index (χ1n) is 1.98. The molecule has 38 valence electrons. The van der Waals surface area contributed by atoms with E-state index in [1.165, 1.54) is 0 Å². The molecule has 0 rings (SSSR count). The number of nitrogens with one attached hydrogen (secondary N) is 1. The molecule has 0 saturated heterocycles. The van der Waals surface area contributed by atoms with Crippen LogP contribution in [0.15, 0.2) is 0 Å². The van der Waals surface area contributed by atoms with Crippen molar-refractivity contribution in [3.8, 4) is 12.3 Å². The number of amidine groups is 1. The van der Waals surface area contributed by atoms with Crippen LogP contribution in [0.5, 0.6) is 0 Å². The lowest BCUT2D eigenvalue weighted by Gasteiger charge is -1.95. The zero-order valence-electron chi connectivity index (χ0n) is 4.23. The Hall–Kier alpha value is -0.970. The summed E-state index contributed by atoms with van der Waals surface area (Å²) in [5.41, 5.74) is 4.99. The van der Waals surface area contributed by atoms with E-state index in [1.807, 2.05) is 0 Å². The smallest absolute Gasteiger partial charge is 0.106 e. The molecule has 0 spiro atoms. The van der Waals surface area contributed by atoms with Gasteiger partial charge < -0.3 is 5.73 Å². The Morgan fingerprint density at radius 2 is 2.43 bits per heavy atom. The van der Waals surface area contributed by atoms with Gasteiger partial charge in [-0.05, 0) is 6.92 Å². The fourth-order valence-electron chi connectivity index (χ4n) is 0.0898. The number of rotatable bonds is 1. The van der Waals surface area contributed by atoms with Crippen molar-refractivity contribution in [1.82, 2.24) is 0 Å². The molecule has 0 aliphatic heterocycles. The van der Waals surface area contributed by atoms with Crippen molar-refractivity contribution < 1.29 is 0 Å². The van der Waals surface area contributed by atoms with E-state index in [4.69, 9.17) is 17.6 Å². The molecule has 0 amide bonds. The van der Waals surface area contributed by atoms with Crippen molar-refractivity contribution in [2.45, 2.75) is 6.92 Å². The van der Waals surface area contributed by atoms with Gasteiger partial charge in [-0.3, -0.25) is 5.41 Å². The van der Waals surface area contributed by atoms with E-state index in [-0.39, 0.29) is 11.8 Å². The molecule has 2 heteroatoms. The van der Waals surface area contributed by atoms with E-state index >= 15 is 0 Å². The van der Waals surface area contributed by atoms with Crippen molar-refractivity contribution in [3.05, 3.63) is 0 Å². The quantitative estimate of drug-likeness (QED) is 0.273. The Balaban J connectivity index is 3.63. The lowest BCUT2D eigenvalue weighted by molar-refractivity contribution is 1.01. The van der Waals surface area contributed by atoms with Gasteiger partial charge in [0.05, 0.1) is 5.92 Å². The van der Waals surface area contributed by atoms with Crippen molar-refractivity contribution in [2.75, 3.05) is 0 Å². The highest BCUT2D eigenvalue weighted by Crippen LogP contribution is 1.85. The number of terminal acetylenes is 1. The van der Waals surface area contributed by atoms with Crippen LogP contribution in [0.1, 0.15) is 6.92 Å². The van der Waals surface area contributed by atoms with Gasteiger partial charge in [0, 0.05) is 0 Å². The van der Waals surface area contributed by atoms with Gasteiger partial charge in [-0.15, -0.1) is 6.42 Å². The summed E-state index contributed by atoms with van der Waals surface area (Å²) in [7, 11) is 0. The Bertz CT molecular complexity index is 110. The zero-order valence-corrected chi connectivity index (χ0v) is 4.23. The maximum atomic E-state index is 6.74. The standard InChI is InChI=1S/C5H8N2/c1-3-4(2)5(6)7/h1,4H,2H3,(H3,6,7). The summed E-state index contributed by atoms with van der Waals surface area (Å²) >= 11 is 0. The van der Waals surface area contributed by atoms with Gasteiger partial charge in [0.1, 0.15) is 5.84 Å². The number of hydrogen-bond donors (Lipinski definition) is 2. The predicted octanol–water partition coefficient (Wildman–Crippen LogP) is 0.192. The highest BCUT2D eigenvalue weighted by molar-refractivity contribution is 5.81. The molecule has 0 heterocycles. The highest BCUT2D eigenvalue weighted by atomic mass is 14.7. The van der Waals surface area contributed by atoms with Crippen LogP contribution in [0.4, 0.5) is 0 Å². The molecule has 0 radical (unpaired) electrons. The van der Waals surface area contributed by atoms with Gasteiger partial charge in [0.25, 0.3) is 0 Å². The van der Waals surface area contributed by atoms with E-state index in [0.29, 0.717) is 0 Å². The second-order valence-corrected chi connectivity index (χ2v) is 1.34. The summed E-state index contributed by atoms with van der Waals surface area (Å²) in [5.74, 6) is 2.16. The lowest BCUT2D eigenvalue weighted by Crippen LogP contribution is -2.17. The molecular weight excluding hydrogens is 88.1 g/mol. The second kappa shape index (κ2) is 2.25.